The Morgan fingerprint density at radius 2 is 2.14 bits per heavy atom. The summed E-state index contributed by atoms with van der Waals surface area (Å²) in [6.45, 7) is 5.45. The fourth-order valence-electron chi connectivity index (χ4n) is 2.95. The van der Waals surface area contributed by atoms with Crippen molar-refractivity contribution in [2.45, 2.75) is 31.3 Å². The maximum absolute atomic E-state index is 5.69. The third kappa shape index (κ3) is 1.69. The Balaban J connectivity index is 1.74. The number of fused-ring (bicyclic) bond motifs is 1. The third-order valence-electron chi connectivity index (χ3n) is 3.84. The van der Waals surface area contributed by atoms with E-state index in [4.69, 9.17) is 4.74 Å². The van der Waals surface area contributed by atoms with Gasteiger partial charge in [0.25, 0.3) is 0 Å². The molecule has 2 saturated heterocycles. The number of piperidine rings is 1. The highest BCUT2D eigenvalue weighted by atomic mass is 16.5. The molecule has 2 aliphatic heterocycles. The molecule has 2 atom stereocenters. The van der Waals surface area contributed by atoms with E-state index in [9.17, 15) is 0 Å². The lowest BCUT2D eigenvalue weighted by Gasteiger charge is -2.37. The first-order valence-corrected chi connectivity index (χ1v) is 5.99. The maximum Gasteiger partial charge on any atom is 0.0593 e. The van der Waals surface area contributed by atoms with Crippen LogP contribution in [0.2, 0.25) is 0 Å². The van der Waals surface area contributed by atoms with Crippen LogP contribution < -0.4 is 5.32 Å². The highest BCUT2D eigenvalue weighted by Crippen LogP contribution is 2.33. The van der Waals surface area contributed by atoms with Gasteiger partial charge >= 0.3 is 0 Å². The molecule has 0 amide bonds. The molecule has 1 saturated carbocycles. The molecule has 80 valence electrons. The SMILES string of the molecule is C1C[C@@H]2[C@@H](CN1)COCCN2C1CC1. The minimum atomic E-state index is 0.742. The summed E-state index contributed by atoms with van der Waals surface area (Å²) in [7, 11) is 0. The lowest BCUT2D eigenvalue weighted by molar-refractivity contribution is 0.100. The van der Waals surface area contributed by atoms with E-state index in [0.717, 1.165) is 37.8 Å². The second-order valence-corrected chi connectivity index (χ2v) is 4.86. The second-order valence-electron chi connectivity index (χ2n) is 4.86. The maximum atomic E-state index is 5.69. The van der Waals surface area contributed by atoms with Crippen LogP contribution in [0.25, 0.3) is 0 Å². The lowest BCUT2D eigenvalue weighted by Crippen LogP contribution is -2.50. The van der Waals surface area contributed by atoms with E-state index >= 15 is 0 Å². The Kier molecular flexibility index (Phi) is 2.48. The van der Waals surface area contributed by atoms with E-state index in [2.05, 4.69) is 10.2 Å². The normalized spacial score (nSPS) is 40.3. The van der Waals surface area contributed by atoms with Gasteiger partial charge in [-0.3, -0.25) is 4.90 Å². The third-order valence-corrected chi connectivity index (χ3v) is 3.84. The summed E-state index contributed by atoms with van der Waals surface area (Å²) in [5.74, 6) is 0.742. The summed E-state index contributed by atoms with van der Waals surface area (Å²) in [5, 5.41) is 3.48. The van der Waals surface area contributed by atoms with Crippen molar-refractivity contribution in [1.82, 2.24) is 10.2 Å². The Labute approximate surface area is 85.8 Å². The first-order valence-electron chi connectivity index (χ1n) is 5.99. The van der Waals surface area contributed by atoms with Crippen molar-refractivity contribution < 1.29 is 4.74 Å². The minimum Gasteiger partial charge on any atom is -0.380 e. The van der Waals surface area contributed by atoms with E-state index in [0.29, 0.717) is 0 Å². The molecule has 0 bridgehead atoms. The van der Waals surface area contributed by atoms with Crippen molar-refractivity contribution in [2.24, 2.45) is 5.92 Å². The van der Waals surface area contributed by atoms with Gasteiger partial charge in [0.05, 0.1) is 13.2 Å². The molecule has 3 fully saturated rings. The van der Waals surface area contributed by atoms with Crippen molar-refractivity contribution in [3.05, 3.63) is 0 Å². The van der Waals surface area contributed by atoms with Crippen LogP contribution in [0.1, 0.15) is 19.3 Å². The number of hydrogen-bond donors (Lipinski definition) is 1. The van der Waals surface area contributed by atoms with Crippen molar-refractivity contribution in [3.8, 4) is 0 Å². The number of nitrogens with zero attached hydrogens (tertiary/aromatic N) is 1. The van der Waals surface area contributed by atoms with Crippen LogP contribution in [0.3, 0.4) is 0 Å². The molecule has 1 aliphatic carbocycles. The summed E-state index contributed by atoms with van der Waals surface area (Å²) in [6, 6.07) is 1.72. The monoisotopic (exact) mass is 196 g/mol. The Bertz CT molecular complexity index is 205. The summed E-state index contributed by atoms with van der Waals surface area (Å²) >= 11 is 0. The molecule has 0 aromatic rings. The van der Waals surface area contributed by atoms with Crippen LogP contribution in [-0.4, -0.2) is 49.8 Å². The first kappa shape index (κ1) is 9.13. The van der Waals surface area contributed by atoms with Gasteiger partial charge in [-0.25, -0.2) is 0 Å². The standard InChI is InChI=1S/C11H20N2O/c1-2-10(1)13-5-6-14-8-9-7-12-4-3-11(9)13/h9-12H,1-8H2/t9-,11+/m0/s1. The van der Waals surface area contributed by atoms with E-state index in [1.54, 1.807) is 0 Å². The van der Waals surface area contributed by atoms with Gasteiger partial charge in [-0.05, 0) is 25.8 Å². The zero-order chi connectivity index (χ0) is 9.38. The Morgan fingerprint density at radius 3 is 3.00 bits per heavy atom. The number of nitrogens with one attached hydrogen (secondary N) is 1. The molecule has 0 unspecified atom stereocenters. The average molecular weight is 196 g/mol. The topological polar surface area (TPSA) is 24.5 Å². The van der Waals surface area contributed by atoms with Crippen molar-refractivity contribution in [3.63, 3.8) is 0 Å². The predicted octanol–water partition coefficient (Wildman–Crippen LogP) is 0.459. The minimum absolute atomic E-state index is 0.742. The quantitative estimate of drug-likeness (QED) is 0.659. The molecular weight excluding hydrogens is 176 g/mol. The second kappa shape index (κ2) is 3.80. The first-order chi connectivity index (χ1) is 6.95. The van der Waals surface area contributed by atoms with E-state index in [1.807, 2.05) is 0 Å². The largest absolute Gasteiger partial charge is 0.380 e. The van der Waals surface area contributed by atoms with Gasteiger partial charge in [0.15, 0.2) is 0 Å². The molecule has 3 rings (SSSR count). The van der Waals surface area contributed by atoms with Gasteiger partial charge < -0.3 is 10.1 Å². The molecule has 14 heavy (non-hydrogen) atoms. The molecular formula is C11H20N2O. The van der Waals surface area contributed by atoms with Crippen LogP contribution in [0.4, 0.5) is 0 Å². The van der Waals surface area contributed by atoms with Crippen LogP contribution in [0, 0.1) is 5.92 Å². The fraction of sp³-hybridized carbons (Fsp3) is 1.00. The highest BCUT2D eigenvalue weighted by Gasteiger charge is 2.39. The van der Waals surface area contributed by atoms with E-state index in [1.165, 1.54) is 32.4 Å². The smallest absolute Gasteiger partial charge is 0.0593 e. The van der Waals surface area contributed by atoms with Crippen LogP contribution in [-0.2, 0) is 4.74 Å². The molecule has 3 heteroatoms. The molecule has 0 aromatic heterocycles. The summed E-state index contributed by atoms with van der Waals surface area (Å²) in [6.07, 6.45) is 4.18. The van der Waals surface area contributed by atoms with E-state index in [-0.39, 0.29) is 0 Å². The molecule has 3 aliphatic rings. The van der Waals surface area contributed by atoms with Gasteiger partial charge in [-0.1, -0.05) is 0 Å². The molecule has 2 heterocycles. The zero-order valence-corrected chi connectivity index (χ0v) is 8.74. The van der Waals surface area contributed by atoms with Crippen molar-refractivity contribution in [1.29, 1.82) is 0 Å². The van der Waals surface area contributed by atoms with Crippen LogP contribution in [0.15, 0.2) is 0 Å². The summed E-state index contributed by atoms with van der Waals surface area (Å²) in [4.78, 5) is 2.73. The van der Waals surface area contributed by atoms with Gasteiger partial charge in [0.2, 0.25) is 0 Å². The molecule has 0 radical (unpaired) electrons. The molecule has 1 N–H and O–H groups in total. The molecule has 0 aromatic carbocycles. The molecule has 3 nitrogen and oxygen atoms in total. The van der Waals surface area contributed by atoms with Crippen LogP contribution in [0.5, 0.6) is 0 Å². The van der Waals surface area contributed by atoms with Crippen molar-refractivity contribution in [2.75, 3.05) is 32.8 Å². The van der Waals surface area contributed by atoms with Gasteiger partial charge in [0.1, 0.15) is 0 Å². The number of ether oxygens (including phenoxy) is 1. The highest BCUT2D eigenvalue weighted by molar-refractivity contribution is 4.94. The fourth-order valence-corrected chi connectivity index (χ4v) is 2.95. The Hall–Kier alpha value is -0.120. The predicted molar refractivity (Wildman–Crippen MR) is 55.3 cm³/mol. The number of rotatable bonds is 1. The zero-order valence-electron chi connectivity index (χ0n) is 8.74. The number of hydrogen-bond acceptors (Lipinski definition) is 3. The summed E-state index contributed by atoms with van der Waals surface area (Å²) in [5.41, 5.74) is 0. The van der Waals surface area contributed by atoms with E-state index < -0.39 is 0 Å². The van der Waals surface area contributed by atoms with Gasteiger partial charge in [-0.15, -0.1) is 0 Å². The molecule has 0 spiro atoms. The van der Waals surface area contributed by atoms with Crippen LogP contribution >= 0.6 is 0 Å². The van der Waals surface area contributed by atoms with Gasteiger partial charge in [0, 0.05) is 31.1 Å². The Morgan fingerprint density at radius 1 is 1.21 bits per heavy atom. The summed E-state index contributed by atoms with van der Waals surface area (Å²) < 4.78 is 5.69. The average Bonchev–Trinajstić information content (AvgIpc) is 3.03. The lowest BCUT2D eigenvalue weighted by atomic mass is 9.93. The van der Waals surface area contributed by atoms with Crippen molar-refractivity contribution >= 4 is 0 Å². The van der Waals surface area contributed by atoms with Gasteiger partial charge in [-0.2, -0.15) is 0 Å².